The summed E-state index contributed by atoms with van der Waals surface area (Å²) in [6.45, 7) is 5.77. The van der Waals surface area contributed by atoms with Gasteiger partial charge in [0.15, 0.2) is 11.6 Å². The van der Waals surface area contributed by atoms with E-state index in [-0.39, 0.29) is 17.9 Å². The highest BCUT2D eigenvalue weighted by Crippen LogP contribution is 2.31. The standard InChI is InChI=1S/C20H27N5O2/c1-3-27-20(26)16-9-11-25(12-10-16)19-17(21)18(22-13-23-19)24-14(2)15-7-5-4-6-8-15/h4-8,13-14,16H,3,9-12,21H2,1-2H3,(H,22,23,24). The lowest BCUT2D eigenvalue weighted by atomic mass is 9.97. The van der Waals surface area contributed by atoms with E-state index in [0.29, 0.717) is 18.1 Å². The SMILES string of the molecule is CCOC(=O)C1CCN(c2ncnc(NC(C)c3ccccc3)c2N)CC1. The lowest BCUT2D eigenvalue weighted by molar-refractivity contribution is -0.148. The van der Waals surface area contributed by atoms with Crippen molar-refractivity contribution >= 4 is 23.3 Å². The number of nitrogen functional groups attached to an aromatic ring is 1. The van der Waals surface area contributed by atoms with Crippen LogP contribution in [0.1, 0.15) is 38.3 Å². The topological polar surface area (TPSA) is 93.4 Å². The van der Waals surface area contributed by atoms with E-state index in [1.165, 1.54) is 6.33 Å². The normalized spacial score (nSPS) is 16.0. The van der Waals surface area contributed by atoms with E-state index in [1.807, 2.05) is 25.1 Å². The maximum Gasteiger partial charge on any atom is 0.309 e. The number of nitrogens with zero attached hydrogens (tertiary/aromatic N) is 3. The quantitative estimate of drug-likeness (QED) is 0.756. The minimum atomic E-state index is -0.105. The molecule has 0 saturated carbocycles. The van der Waals surface area contributed by atoms with Crippen molar-refractivity contribution in [3.05, 3.63) is 42.2 Å². The van der Waals surface area contributed by atoms with Crippen molar-refractivity contribution in [2.24, 2.45) is 5.92 Å². The summed E-state index contributed by atoms with van der Waals surface area (Å²) in [5.74, 6) is 1.20. The molecule has 1 atom stereocenters. The highest BCUT2D eigenvalue weighted by Gasteiger charge is 2.28. The van der Waals surface area contributed by atoms with Gasteiger partial charge in [0.05, 0.1) is 18.6 Å². The number of nitrogens with one attached hydrogen (secondary N) is 1. The van der Waals surface area contributed by atoms with Crippen LogP contribution in [-0.2, 0) is 9.53 Å². The van der Waals surface area contributed by atoms with Crippen LogP contribution in [0.5, 0.6) is 0 Å². The van der Waals surface area contributed by atoms with Crippen LogP contribution in [-0.4, -0.2) is 35.6 Å². The minimum Gasteiger partial charge on any atom is -0.466 e. The number of nitrogens with two attached hydrogens (primary N) is 1. The van der Waals surface area contributed by atoms with Crippen molar-refractivity contribution in [3.8, 4) is 0 Å². The van der Waals surface area contributed by atoms with E-state index in [1.54, 1.807) is 0 Å². The predicted octanol–water partition coefficient (Wildman–Crippen LogP) is 3.01. The molecule has 2 aromatic rings. The zero-order chi connectivity index (χ0) is 19.2. The van der Waals surface area contributed by atoms with Crippen LogP contribution in [0.2, 0.25) is 0 Å². The Hall–Kier alpha value is -2.83. The Kier molecular flexibility index (Phi) is 6.11. The number of ether oxygens (including phenoxy) is 1. The van der Waals surface area contributed by atoms with Gasteiger partial charge >= 0.3 is 5.97 Å². The second-order valence-electron chi connectivity index (χ2n) is 6.75. The number of carbonyl (C=O) groups is 1. The van der Waals surface area contributed by atoms with Crippen molar-refractivity contribution in [2.75, 3.05) is 35.6 Å². The third-order valence-corrected chi connectivity index (χ3v) is 4.93. The van der Waals surface area contributed by atoms with Gasteiger partial charge in [0, 0.05) is 13.1 Å². The van der Waals surface area contributed by atoms with Gasteiger partial charge in [0.2, 0.25) is 0 Å². The number of piperidine rings is 1. The fourth-order valence-corrected chi connectivity index (χ4v) is 3.37. The number of esters is 1. The fraction of sp³-hybridized carbons (Fsp3) is 0.450. The predicted molar refractivity (Wildman–Crippen MR) is 106 cm³/mol. The first-order chi connectivity index (χ1) is 13.1. The summed E-state index contributed by atoms with van der Waals surface area (Å²) in [6.07, 6.45) is 3.01. The molecule has 0 aliphatic carbocycles. The highest BCUT2D eigenvalue weighted by molar-refractivity contribution is 5.76. The van der Waals surface area contributed by atoms with Crippen molar-refractivity contribution in [2.45, 2.75) is 32.7 Å². The number of benzene rings is 1. The Bertz CT molecular complexity index is 760. The van der Waals surface area contributed by atoms with Gasteiger partial charge in [0.25, 0.3) is 0 Å². The van der Waals surface area contributed by atoms with Gasteiger partial charge < -0.3 is 20.7 Å². The average Bonchev–Trinajstić information content (AvgIpc) is 2.70. The van der Waals surface area contributed by atoms with Gasteiger partial charge in [-0.05, 0) is 32.3 Å². The molecule has 144 valence electrons. The smallest absolute Gasteiger partial charge is 0.309 e. The molecule has 7 heteroatoms. The number of aromatic nitrogens is 2. The number of anilines is 3. The van der Waals surface area contributed by atoms with Crippen LogP contribution in [0.25, 0.3) is 0 Å². The zero-order valence-electron chi connectivity index (χ0n) is 15.9. The second-order valence-corrected chi connectivity index (χ2v) is 6.75. The largest absolute Gasteiger partial charge is 0.466 e. The molecule has 0 bridgehead atoms. The summed E-state index contributed by atoms with van der Waals surface area (Å²) >= 11 is 0. The van der Waals surface area contributed by atoms with Gasteiger partial charge in [0.1, 0.15) is 12.0 Å². The summed E-state index contributed by atoms with van der Waals surface area (Å²) < 4.78 is 5.13. The van der Waals surface area contributed by atoms with Gasteiger partial charge in [-0.15, -0.1) is 0 Å². The first-order valence-corrected chi connectivity index (χ1v) is 9.43. The molecular formula is C20H27N5O2. The van der Waals surface area contributed by atoms with E-state index in [9.17, 15) is 4.79 Å². The summed E-state index contributed by atoms with van der Waals surface area (Å²) in [5.41, 5.74) is 8.06. The van der Waals surface area contributed by atoms with Crippen LogP contribution < -0.4 is 16.0 Å². The van der Waals surface area contributed by atoms with Gasteiger partial charge in [-0.3, -0.25) is 4.79 Å². The number of hydrogen-bond acceptors (Lipinski definition) is 7. The molecule has 1 fully saturated rings. The Labute approximate surface area is 159 Å². The Morgan fingerprint density at radius 1 is 1.30 bits per heavy atom. The molecule has 0 amide bonds. The third-order valence-electron chi connectivity index (χ3n) is 4.93. The van der Waals surface area contributed by atoms with Crippen LogP contribution in [0.3, 0.4) is 0 Å². The molecule has 1 unspecified atom stereocenters. The molecule has 1 aliphatic heterocycles. The van der Waals surface area contributed by atoms with E-state index in [4.69, 9.17) is 10.5 Å². The molecule has 3 N–H and O–H groups in total. The van der Waals surface area contributed by atoms with Crippen molar-refractivity contribution in [1.82, 2.24) is 9.97 Å². The molecule has 0 spiro atoms. The van der Waals surface area contributed by atoms with E-state index < -0.39 is 0 Å². The van der Waals surface area contributed by atoms with Crippen molar-refractivity contribution in [1.29, 1.82) is 0 Å². The third kappa shape index (κ3) is 4.48. The zero-order valence-corrected chi connectivity index (χ0v) is 15.9. The van der Waals surface area contributed by atoms with Crippen LogP contribution in [0.4, 0.5) is 17.3 Å². The summed E-state index contributed by atoms with van der Waals surface area (Å²) in [6, 6.07) is 10.2. The number of carbonyl (C=O) groups excluding carboxylic acids is 1. The highest BCUT2D eigenvalue weighted by atomic mass is 16.5. The molecule has 7 nitrogen and oxygen atoms in total. The molecule has 3 rings (SSSR count). The van der Waals surface area contributed by atoms with E-state index in [0.717, 1.165) is 37.3 Å². The first-order valence-electron chi connectivity index (χ1n) is 9.43. The Morgan fingerprint density at radius 2 is 2.00 bits per heavy atom. The first kappa shape index (κ1) is 18.9. The monoisotopic (exact) mass is 369 g/mol. The molecular weight excluding hydrogens is 342 g/mol. The van der Waals surface area contributed by atoms with Gasteiger partial charge in [-0.2, -0.15) is 0 Å². The maximum atomic E-state index is 11.9. The molecule has 1 aliphatic rings. The van der Waals surface area contributed by atoms with E-state index >= 15 is 0 Å². The van der Waals surface area contributed by atoms with Crippen molar-refractivity contribution < 1.29 is 9.53 Å². The maximum absolute atomic E-state index is 11.9. The van der Waals surface area contributed by atoms with Crippen LogP contribution in [0, 0.1) is 5.92 Å². The molecule has 1 aromatic heterocycles. The van der Waals surface area contributed by atoms with E-state index in [2.05, 4.69) is 39.2 Å². The number of rotatable bonds is 6. The molecule has 0 radical (unpaired) electrons. The lowest BCUT2D eigenvalue weighted by Gasteiger charge is -2.32. The minimum absolute atomic E-state index is 0.0417. The molecule has 1 saturated heterocycles. The molecule has 27 heavy (non-hydrogen) atoms. The van der Waals surface area contributed by atoms with Crippen LogP contribution in [0.15, 0.2) is 36.7 Å². The van der Waals surface area contributed by atoms with Crippen molar-refractivity contribution in [3.63, 3.8) is 0 Å². The summed E-state index contributed by atoms with van der Waals surface area (Å²) in [4.78, 5) is 22.7. The Balaban J connectivity index is 1.68. The molecule has 1 aromatic carbocycles. The molecule has 2 heterocycles. The lowest BCUT2D eigenvalue weighted by Crippen LogP contribution is -2.38. The van der Waals surface area contributed by atoms with Gasteiger partial charge in [-0.1, -0.05) is 30.3 Å². The summed E-state index contributed by atoms with van der Waals surface area (Å²) in [5, 5.41) is 3.37. The summed E-state index contributed by atoms with van der Waals surface area (Å²) in [7, 11) is 0. The fourth-order valence-electron chi connectivity index (χ4n) is 3.37. The van der Waals surface area contributed by atoms with Gasteiger partial charge in [-0.25, -0.2) is 9.97 Å². The second kappa shape index (κ2) is 8.70. The number of hydrogen-bond donors (Lipinski definition) is 2. The van der Waals surface area contributed by atoms with Crippen LogP contribution >= 0.6 is 0 Å². The average molecular weight is 369 g/mol. The Morgan fingerprint density at radius 3 is 2.67 bits per heavy atom.